The molecule has 7 nitrogen and oxygen atoms in total. The summed E-state index contributed by atoms with van der Waals surface area (Å²) < 4.78 is 30.1. The number of benzene rings is 1. The molecular weight excluding hydrogens is 362 g/mol. The topological polar surface area (TPSA) is 79.0 Å². The smallest absolute Gasteiger partial charge is 0.317 e. The second-order valence-electron chi connectivity index (χ2n) is 5.88. The molecule has 25 heavy (non-hydrogen) atoms. The lowest BCUT2D eigenvalue weighted by atomic mass is 10.3. The molecule has 0 aromatic heterocycles. The maximum atomic E-state index is 12.1. The van der Waals surface area contributed by atoms with Crippen LogP contribution in [0.15, 0.2) is 35.2 Å². The van der Waals surface area contributed by atoms with Crippen LogP contribution in [-0.4, -0.2) is 81.6 Å². The summed E-state index contributed by atoms with van der Waals surface area (Å²) in [4.78, 5) is 14.9. The van der Waals surface area contributed by atoms with Gasteiger partial charge in [-0.25, -0.2) is 13.2 Å². The number of nitrogens with zero attached hydrogens (tertiary/aromatic N) is 2. The molecule has 1 atom stereocenters. The molecule has 0 unspecified atom stereocenters. The molecule has 1 N–H and O–H groups in total. The molecule has 0 aliphatic carbocycles. The van der Waals surface area contributed by atoms with E-state index in [0.29, 0.717) is 26.2 Å². The van der Waals surface area contributed by atoms with Gasteiger partial charge in [0.15, 0.2) is 0 Å². The van der Waals surface area contributed by atoms with Gasteiger partial charge < -0.3 is 15.0 Å². The zero-order chi connectivity index (χ0) is 18.3. The number of morpholine rings is 1. The van der Waals surface area contributed by atoms with E-state index in [9.17, 15) is 13.2 Å². The van der Waals surface area contributed by atoms with Crippen LogP contribution in [0, 0.1) is 0 Å². The van der Waals surface area contributed by atoms with Crippen LogP contribution in [-0.2, 0) is 14.8 Å². The average Bonchev–Trinajstić information content (AvgIpc) is 2.60. The van der Waals surface area contributed by atoms with E-state index in [4.69, 9.17) is 4.74 Å². The molecular formula is C16H25N3O4S2. The average molecular weight is 388 g/mol. The van der Waals surface area contributed by atoms with E-state index in [1.165, 1.54) is 15.5 Å². The number of sulfonamides is 1. The highest BCUT2D eigenvalue weighted by atomic mass is 32.2. The van der Waals surface area contributed by atoms with Crippen molar-refractivity contribution in [2.45, 2.75) is 11.0 Å². The number of rotatable bonds is 7. The van der Waals surface area contributed by atoms with Crippen molar-refractivity contribution in [3.8, 4) is 0 Å². The second kappa shape index (κ2) is 9.42. The Morgan fingerprint density at radius 1 is 1.40 bits per heavy atom. The van der Waals surface area contributed by atoms with E-state index >= 15 is 0 Å². The lowest BCUT2D eigenvalue weighted by Crippen LogP contribution is -2.50. The van der Waals surface area contributed by atoms with Crippen molar-refractivity contribution in [1.82, 2.24) is 14.5 Å². The van der Waals surface area contributed by atoms with Crippen LogP contribution in [0.2, 0.25) is 0 Å². The lowest BCUT2D eigenvalue weighted by molar-refractivity contribution is 0.00103. The van der Waals surface area contributed by atoms with Crippen molar-refractivity contribution < 1.29 is 17.9 Å². The van der Waals surface area contributed by atoms with Crippen LogP contribution >= 0.6 is 11.8 Å². The summed E-state index contributed by atoms with van der Waals surface area (Å²) in [6.07, 6.45) is 0.867. The van der Waals surface area contributed by atoms with Crippen molar-refractivity contribution in [2.24, 2.45) is 0 Å². The van der Waals surface area contributed by atoms with Crippen molar-refractivity contribution in [3.63, 3.8) is 0 Å². The van der Waals surface area contributed by atoms with Gasteiger partial charge in [-0.15, -0.1) is 11.8 Å². The first-order valence-electron chi connectivity index (χ1n) is 8.10. The van der Waals surface area contributed by atoms with Crippen LogP contribution in [0.5, 0.6) is 0 Å². The molecule has 0 radical (unpaired) electrons. The maximum Gasteiger partial charge on any atom is 0.317 e. The van der Waals surface area contributed by atoms with E-state index < -0.39 is 10.0 Å². The number of carbonyl (C=O) groups excluding carboxylic acids is 1. The second-order valence-corrected chi connectivity index (χ2v) is 9.03. The number of hydrogen-bond acceptors (Lipinski definition) is 5. The Bertz CT molecular complexity index is 655. The van der Waals surface area contributed by atoms with Crippen LogP contribution in [0.25, 0.3) is 0 Å². The SMILES string of the molecule is CN(CCSc1ccccc1)C(=O)NC[C@@H]1CN(S(C)(=O)=O)CCO1. The molecule has 9 heteroatoms. The minimum atomic E-state index is -3.22. The minimum absolute atomic E-state index is 0.186. The minimum Gasteiger partial charge on any atom is -0.374 e. The van der Waals surface area contributed by atoms with Crippen LogP contribution in [0.3, 0.4) is 0 Å². The van der Waals surface area contributed by atoms with Gasteiger partial charge in [0.1, 0.15) is 0 Å². The number of thioether (sulfide) groups is 1. The first kappa shape index (κ1) is 20.0. The Balaban J connectivity index is 1.68. The number of nitrogens with one attached hydrogen (secondary N) is 1. The number of urea groups is 1. The molecule has 1 heterocycles. The van der Waals surface area contributed by atoms with E-state index in [-0.39, 0.29) is 18.7 Å². The van der Waals surface area contributed by atoms with Gasteiger partial charge in [-0.05, 0) is 12.1 Å². The number of amides is 2. The third kappa shape index (κ3) is 6.85. The molecule has 1 aromatic carbocycles. The van der Waals surface area contributed by atoms with Crippen molar-refractivity contribution in [1.29, 1.82) is 0 Å². The molecule has 0 saturated carbocycles. The van der Waals surface area contributed by atoms with Gasteiger partial charge in [0, 0.05) is 43.9 Å². The number of hydrogen-bond donors (Lipinski definition) is 1. The predicted octanol–water partition coefficient (Wildman–Crippen LogP) is 1.08. The van der Waals surface area contributed by atoms with E-state index in [0.717, 1.165) is 5.75 Å². The van der Waals surface area contributed by atoms with E-state index in [2.05, 4.69) is 5.32 Å². The standard InChI is InChI=1S/C16H25N3O4S2/c1-18(9-11-24-15-6-4-3-5-7-15)16(20)17-12-14-13-19(8-10-23-14)25(2,21)22/h3-7,14H,8-13H2,1-2H3,(H,17,20)/t14-/m1/s1. The fourth-order valence-corrected chi connectivity index (χ4v) is 4.17. The Hall–Kier alpha value is -1.29. The molecule has 140 valence electrons. The van der Waals surface area contributed by atoms with Crippen LogP contribution in [0.4, 0.5) is 4.79 Å². The first-order chi connectivity index (χ1) is 11.9. The quantitative estimate of drug-likeness (QED) is 0.709. The van der Waals surface area contributed by atoms with Crippen molar-refractivity contribution in [2.75, 3.05) is 51.8 Å². The van der Waals surface area contributed by atoms with Gasteiger partial charge in [0.05, 0.1) is 19.0 Å². The summed E-state index contributed by atoms with van der Waals surface area (Å²) in [5.41, 5.74) is 0. The summed E-state index contributed by atoms with van der Waals surface area (Å²) in [5.74, 6) is 0.801. The maximum absolute atomic E-state index is 12.1. The molecule has 1 fully saturated rings. The highest BCUT2D eigenvalue weighted by Crippen LogP contribution is 2.16. The third-order valence-corrected chi connectivity index (χ3v) is 6.10. The van der Waals surface area contributed by atoms with Gasteiger partial charge in [0.25, 0.3) is 0 Å². The highest BCUT2D eigenvalue weighted by molar-refractivity contribution is 7.99. The van der Waals surface area contributed by atoms with E-state index in [1.54, 1.807) is 23.7 Å². The molecule has 0 spiro atoms. The van der Waals surface area contributed by atoms with Gasteiger partial charge in [0.2, 0.25) is 10.0 Å². The van der Waals surface area contributed by atoms with Gasteiger partial charge in [-0.3, -0.25) is 0 Å². The normalized spacial score (nSPS) is 18.7. The highest BCUT2D eigenvalue weighted by Gasteiger charge is 2.26. The van der Waals surface area contributed by atoms with Gasteiger partial charge in [-0.2, -0.15) is 4.31 Å². The monoisotopic (exact) mass is 387 g/mol. The fraction of sp³-hybridized carbons (Fsp3) is 0.562. The molecule has 1 aliphatic rings. The van der Waals surface area contributed by atoms with Crippen LogP contribution < -0.4 is 5.32 Å². The number of ether oxygens (including phenoxy) is 1. The van der Waals surface area contributed by atoms with Crippen LogP contribution in [0.1, 0.15) is 0 Å². The van der Waals surface area contributed by atoms with E-state index in [1.807, 2.05) is 30.3 Å². The van der Waals surface area contributed by atoms with Gasteiger partial charge >= 0.3 is 6.03 Å². The largest absolute Gasteiger partial charge is 0.374 e. The Kier molecular flexibility index (Phi) is 7.55. The Labute approximate surface area is 153 Å². The van der Waals surface area contributed by atoms with Crippen molar-refractivity contribution in [3.05, 3.63) is 30.3 Å². The summed E-state index contributed by atoms with van der Waals surface area (Å²) in [6, 6.07) is 9.85. The predicted molar refractivity (Wildman–Crippen MR) is 99.4 cm³/mol. The molecule has 2 amide bonds. The van der Waals surface area contributed by atoms with Gasteiger partial charge in [-0.1, -0.05) is 18.2 Å². The van der Waals surface area contributed by atoms with Crippen molar-refractivity contribution >= 4 is 27.8 Å². The molecule has 1 aliphatic heterocycles. The molecule has 1 saturated heterocycles. The fourth-order valence-electron chi connectivity index (χ4n) is 2.37. The number of carbonyl (C=O) groups is 1. The Morgan fingerprint density at radius 3 is 2.80 bits per heavy atom. The third-order valence-electron chi connectivity index (χ3n) is 3.84. The molecule has 2 rings (SSSR count). The Morgan fingerprint density at radius 2 is 2.12 bits per heavy atom. The first-order valence-corrected chi connectivity index (χ1v) is 10.9. The summed E-state index contributed by atoms with van der Waals surface area (Å²) >= 11 is 1.70. The zero-order valence-corrected chi connectivity index (χ0v) is 16.2. The summed E-state index contributed by atoms with van der Waals surface area (Å²) in [5, 5.41) is 2.80. The summed E-state index contributed by atoms with van der Waals surface area (Å²) in [7, 11) is -1.48. The molecule has 0 bridgehead atoms. The lowest BCUT2D eigenvalue weighted by Gasteiger charge is -2.31. The molecule has 1 aromatic rings. The zero-order valence-electron chi connectivity index (χ0n) is 14.6. The summed E-state index contributed by atoms with van der Waals surface area (Å²) in [6.45, 7) is 1.89.